The fourth-order valence-electron chi connectivity index (χ4n) is 1.99. The molecule has 0 fully saturated rings. The molecule has 0 saturated heterocycles. The first-order valence-electron chi connectivity index (χ1n) is 9.37. The van der Waals surface area contributed by atoms with Crippen molar-refractivity contribution in [3.8, 4) is 16.9 Å². The van der Waals surface area contributed by atoms with Crippen LogP contribution in [0, 0.1) is 0 Å². The second kappa shape index (κ2) is 17.0. The van der Waals surface area contributed by atoms with Gasteiger partial charge in [0.15, 0.2) is 0 Å². The number of aliphatic hydroxyl groups excluding tert-OH is 1. The van der Waals surface area contributed by atoms with E-state index in [0.29, 0.717) is 26.2 Å². The topological polar surface area (TPSA) is 38.7 Å². The van der Waals surface area contributed by atoms with Gasteiger partial charge in [0.1, 0.15) is 5.75 Å². The van der Waals surface area contributed by atoms with E-state index in [4.69, 9.17) is 14.6 Å². The first-order chi connectivity index (χ1) is 12.4. The Morgan fingerprint density at radius 2 is 1.24 bits per heavy atom. The molecule has 0 radical (unpaired) electrons. The fourth-order valence-corrected chi connectivity index (χ4v) is 1.99. The average Bonchev–Trinajstić information content (AvgIpc) is 2.71. The lowest BCUT2D eigenvalue weighted by atomic mass is 10.1. The summed E-state index contributed by atoms with van der Waals surface area (Å²) in [5, 5.41) is 8.62. The predicted octanol–water partition coefficient (Wildman–Crippen LogP) is 5.57. The number of hydrogen-bond acceptors (Lipinski definition) is 3. The van der Waals surface area contributed by atoms with Crippen LogP contribution < -0.4 is 4.74 Å². The molecule has 0 aromatic heterocycles. The molecule has 0 aliphatic carbocycles. The molecule has 0 atom stereocenters. The van der Waals surface area contributed by atoms with Gasteiger partial charge >= 0.3 is 0 Å². The molecule has 0 aliphatic heterocycles. The van der Waals surface area contributed by atoms with Gasteiger partial charge in [-0.25, -0.2) is 0 Å². The molecule has 0 spiro atoms. The molecule has 1 N–H and O–H groups in total. The summed E-state index contributed by atoms with van der Waals surface area (Å²) in [7, 11) is 0. The second-order valence-corrected chi connectivity index (χ2v) is 4.78. The summed E-state index contributed by atoms with van der Waals surface area (Å²) in [6.07, 6.45) is 1.55. The largest absolute Gasteiger partial charge is 0.494 e. The normalized spacial score (nSPS) is 9.32. The van der Waals surface area contributed by atoms with E-state index in [9.17, 15) is 0 Å². The molecule has 0 heterocycles. The molecule has 0 unspecified atom stereocenters. The van der Waals surface area contributed by atoms with Gasteiger partial charge in [-0.05, 0) is 29.7 Å². The first kappa shape index (κ1) is 23.2. The lowest BCUT2D eigenvalue weighted by Gasteiger charge is -2.08. The summed E-state index contributed by atoms with van der Waals surface area (Å²) in [4.78, 5) is 0. The number of aliphatic hydroxyl groups is 1. The van der Waals surface area contributed by atoms with E-state index in [1.807, 2.05) is 58.0 Å². The van der Waals surface area contributed by atoms with Gasteiger partial charge in [0.25, 0.3) is 0 Å². The van der Waals surface area contributed by atoms with Crippen molar-refractivity contribution >= 4 is 0 Å². The zero-order chi connectivity index (χ0) is 18.8. The van der Waals surface area contributed by atoms with Crippen molar-refractivity contribution in [3.63, 3.8) is 0 Å². The fraction of sp³-hybridized carbons (Fsp3) is 0.455. The smallest absolute Gasteiger partial charge is 0.119 e. The zero-order valence-electron chi connectivity index (χ0n) is 16.2. The minimum absolute atomic E-state index is 0.185. The summed E-state index contributed by atoms with van der Waals surface area (Å²) < 4.78 is 11.0. The number of rotatable bonds is 9. The van der Waals surface area contributed by atoms with Crippen molar-refractivity contribution in [2.45, 2.75) is 40.5 Å². The number of ether oxygens (including phenoxy) is 2. The number of benzene rings is 2. The molecule has 0 amide bonds. The Hall–Kier alpha value is -1.84. The van der Waals surface area contributed by atoms with Crippen LogP contribution >= 0.6 is 0 Å². The van der Waals surface area contributed by atoms with Crippen molar-refractivity contribution in [1.82, 2.24) is 0 Å². The second-order valence-electron chi connectivity index (χ2n) is 4.78. The zero-order valence-corrected chi connectivity index (χ0v) is 16.2. The molecule has 2 rings (SSSR count). The van der Waals surface area contributed by atoms with E-state index >= 15 is 0 Å². The van der Waals surface area contributed by atoms with Gasteiger partial charge in [0, 0.05) is 26.2 Å². The molecule has 25 heavy (non-hydrogen) atoms. The van der Waals surface area contributed by atoms with Crippen LogP contribution in [-0.4, -0.2) is 31.5 Å². The molecule has 3 heteroatoms. The van der Waals surface area contributed by atoms with E-state index < -0.39 is 0 Å². The summed E-state index contributed by atoms with van der Waals surface area (Å²) >= 11 is 0. The molecular formula is C22H34O3. The van der Waals surface area contributed by atoms with Crippen molar-refractivity contribution in [2.75, 3.05) is 26.4 Å². The Morgan fingerprint density at radius 3 is 1.84 bits per heavy atom. The maximum atomic E-state index is 8.62. The van der Waals surface area contributed by atoms with Crippen LogP contribution in [0.3, 0.4) is 0 Å². The third-order valence-corrected chi connectivity index (χ3v) is 3.11. The van der Waals surface area contributed by atoms with Crippen LogP contribution in [0.4, 0.5) is 0 Å². The van der Waals surface area contributed by atoms with Crippen molar-refractivity contribution in [2.24, 2.45) is 0 Å². The maximum absolute atomic E-state index is 8.62. The van der Waals surface area contributed by atoms with Crippen LogP contribution in [0.25, 0.3) is 11.1 Å². The van der Waals surface area contributed by atoms with Gasteiger partial charge in [-0.2, -0.15) is 0 Å². The lowest BCUT2D eigenvalue weighted by molar-refractivity contribution is 0.104. The minimum Gasteiger partial charge on any atom is -0.494 e. The van der Waals surface area contributed by atoms with Crippen LogP contribution in [0.15, 0.2) is 54.6 Å². The van der Waals surface area contributed by atoms with E-state index in [0.717, 1.165) is 12.2 Å². The Balaban J connectivity index is 0.00000134. The van der Waals surface area contributed by atoms with Crippen molar-refractivity contribution in [1.29, 1.82) is 0 Å². The van der Waals surface area contributed by atoms with E-state index in [-0.39, 0.29) is 6.61 Å². The highest BCUT2D eigenvalue weighted by atomic mass is 16.5. The molecule has 2 aromatic rings. The van der Waals surface area contributed by atoms with Crippen molar-refractivity contribution in [3.05, 3.63) is 54.6 Å². The predicted molar refractivity (Wildman–Crippen MR) is 107 cm³/mol. The summed E-state index contributed by atoms with van der Waals surface area (Å²) in [6.45, 7) is 10.1. The summed E-state index contributed by atoms with van der Waals surface area (Å²) in [6, 6.07) is 18.4. The average molecular weight is 347 g/mol. The summed E-state index contributed by atoms with van der Waals surface area (Å²) in [5.74, 6) is 0.880. The molecule has 140 valence electrons. The Labute approximate surface area is 153 Å². The van der Waals surface area contributed by atoms with E-state index in [1.54, 1.807) is 0 Å². The van der Waals surface area contributed by atoms with Gasteiger partial charge in [0.2, 0.25) is 0 Å². The third-order valence-electron chi connectivity index (χ3n) is 3.11. The molecule has 0 saturated carbocycles. The molecule has 2 aromatic carbocycles. The van der Waals surface area contributed by atoms with Gasteiger partial charge in [-0.3, -0.25) is 0 Å². The standard InChI is InChI=1S/C18H22O3.2C2H6/c19-12-4-13-20-14-5-15-21-18-10-8-17(9-11-18)16-6-2-1-3-7-16;2*1-2/h1-3,6-11,19H,4-5,12-15H2;2*1-2H3. The Morgan fingerprint density at radius 1 is 0.680 bits per heavy atom. The highest BCUT2D eigenvalue weighted by Gasteiger charge is 1.98. The van der Waals surface area contributed by atoms with Crippen LogP contribution in [-0.2, 0) is 4.74 Å². The van der Waals surface area contributed by atoms with Crippen LogP contribution in [0.2, 0.25) is 0 Å². The van der Waals surface area contributed by atoms with Crippen LogP contribution in [0.1, 0.15) is 40.5 Å². The SMILES string of the molecule is CC.CC.OCCCOCCCOc1ccc(-c2ccccc2)cc1. The lowest BCUT2D eigenvalue weighted by Crippen LogP contribution is -2.04. The van der Waals surface area contributed by atoms with Gasteiger partial charge < -0.3 is 14.6 Å². The maximum Gasteiger partial charge on any atom is 0.119 e. The molecule has 0 aliphatic rings. The van der Waals surface area contributed by atoms with E-state index in [2.05, 4.69) is 24.3 Å². The quantitative estimate of drug-likeness (QED) is 0.603. The first-order valence-corrected chi connectivity index (χ1v) is 9.37. The molecular weight excluding hydrogens is 312 g/mol. The monoisotopic (exact) mass is 346 g/mol. The van der Waals surface area contributed by atoms with Gasteiger partial charge in [0.05, 0.1) is 6.61 Å². The third kappa shape index (κ3) is 10.6. The number of hydrogen-bond donors (Lipinski definition) is 1. The Bertz CT molecular complexity index is 494. The minimum atomic E-state index is 0.185. The van der Waals surface area contributed by atoms with Crippen molar-refractivity contribution < 1.29 is 14.6 Å². The molecule has 3 nitrogen and oxygen atoms in total. The highest BCUT2D eigenvalue weighted by Crippen LogP contribution is 2.22. The highest BCUT2D eigenvalue weighted by molar-refractivity contribution is 5.63. The van der Waals surface area contributed by atoms with Gasteiger partial charge in [-0.1, -0.05) is 70.2 Å². The molecule has 0 bridgehead atoms. The Kier molecular flexibility index (Phi) is 15.7. The van der Waals surface area contributed by atoms with Gasteiger partial charge in [-0.15, -0.1) is 0 Å². The van der Waals surface area contributed by atoms with E-state index in [1.165, 1.54) is 11.1 Å². The van der Waals surface area contributed by atoms with Crippen LogP contribution in [0.5, 0.6) is 5.75 Å². The summed E-state index contributed by atoms with van der Waals surface area (Å²) in [5.41, 5.74) is 2.40.